The number of nitrogens with one attached hydrogen (secondary N) is 19. The van der Waals surface area contributed by atoms with Crippen LogP contribution in [0.2, 0.25) is 0 Å². The fourth-order valence-corrected chi connectivity index (χ4v) is 15.6. The lowest BCUT2D eigenvalue weighted by Gasteiger charge is -2.33. The Labute approximate surface area is 876 Å². The normalized spacial score (nSPS) is 15.2. The van der Waals surface area contributed by atoms with Crippen molar-refractivity contribution in [2.75, 3.05) is 7.11 Å². The molecular formula is C107H179N19O22. The standard InChI is InChI=1S/C107H179N19O22/c1-54(2)47-70(110-84(127)66(25)108-93(136)79(61(15)16)121-100(143)105(30,31)124-91(134)73(50-57(7)8)111-85(128)67(26)109-94(137)80(62(17)18)122-101(144)106(32,33)125-92(135)74(51-58(9)10)116-103(146)148-104(27,28)29)86(129)112-72(49-56(5)6)88(131)117-77(59(11)12)95(138)115-76(53-69-45-41-38-42-46-69)90(133)119-82(64(21)22)98(141)126-107(34,35)102(145)123-81(63(19)20)96(139)114-71(48-55(3)4)87(130)113-75(52-68-43-39-37-40-44-68)89(132)118-78(60(13)14)97(140)120-83(65(23)24)99(142)147-36/h37-46,54-67,70-83H,47-53H2,1-36H3,(H,108,136)(H,109,137)(H,110,127)(H,111,128)(H,112,129)(H,113,130)(H,114,139)(H,115,138)(H,116,146)(H,117,131)(H,118,132)(H,119,133)(H,120,140)(H,121,143)(H,122,144)(H,123,145)(H,124,134)(H,125,135)(H,126,141)/t66-,67+,70-,71+,72+,73+,74+,75+,76+,77+,78+,79+,80+,81-,82+,83+/m1/s1. The number of esters is 1. The van der Waals surface area contributed by atoms with Crippen LogP contribution in [0.15, 0.2) is 60.7 Å². The minimum Gasteiger partial charge on any atom is -0.467 e. The van der Waals surface area contributed by atoms with E-state index < -0.39 is 273 Å². The second-order valence-corrected chi connectivity index (χ2v) is 45.9. The van der Waals surface area contributed by atoms with Gasteiger partial charge in [0.25, 0.3) is 0 Å². The number of alkyl carbamates (subject to hydrolysis) is 1. The van der Waals surface area contributed by atoms with Crippen LogP contribution in [0.1, 0.15) is 286 Å². The van der Waals surface area contributed by atoms with Crippen LogP contribution in [0.5, 0.6) is 0 Å². The second kappa shape index (κ2) is 60.3. The summed E-state index contributed by atoms with van der Waals surface area (Å²) in [5, 5.41) is 51.5. The Kier molecular flexibility index (Phi) is 53.7. The minimum atomic E-state index is -1.82. The zero-order valence-corrected chi connectivity index (χ0v) is 94.4. The lowest BCUT2D eigenvalue weighted by Crippen LogP contribution is -2.65. The van der Waals surface area contributed by atoms with Gasteiger partial charge < -0.3 is 110 Å². The third-order valence-corrected chi connectivity index (χ3v) is 24.3. The molecule has 41 nitrogen and oxygen atoms in total. The topological polar surface area (TPSA) is 588 Å². The molecule has 19 N–H and O–H groups in total. The van der Waals surface area contributed by atoms with Crippen molar-refractivity contribution >= 4 is 118 Å². The third kappa shape index (κ3) is 45.4. The maximum Gasteiger partial charge on any atom is 0.408 e. The average Bonchev–Trinajstić information content (AvgIpc) is 0.833. The highest BCUT2D eigenvalue weighted by molar-refractivity contribution is 6.03. The molecule has 834 valence electrons. The summed E-state index contributed by atoms with van der Waals surface area (Å²) in [4.78, 5) is 284. The molecule has 16 atom stereocenters. The number of ether oxygens (including phenoxy) is 2. The van der Waals surface area contributed by atoms with Crippen molar-refractivity contribution in [2.45, 2.75) is 406 Å². The smallest absolute Gasteiger partial charge is 0.408 e. The van der Waals surface area contributed by atoms with Crippen LogP contribution in [-0.4, -0.2) is 244 Å². The summed E-state index contributed by atoms with van der Waals surface area (Å²) < 4.78 is 10.3. The maximum atomic E-state index is 14.9. The van der Waals surface area contributed by atoms with Gasteiger partial charge in [-0.1, -0.05) is 227 Å². The van der Waals surface area contributed by atoms with Crippen molar-refractivity contribution in [2.24, 2.45) is 71.0 Å². The van der Waals surface area contributed by atoms with Crippen molar-refractivity contribution in [3.8, 4) is 0 Å². The van der Waals surface area contributed by atoms with E-state index in [9.17, 15) is 95.9 Å². The largest absolute Gasteiger partial charge is 0.467 e. The van der Waals surface area contributed by atoms with Crippen LogP contribution in [-0.2, 0) is 113 Å². The van der Waals surface area contributed by atoms with E-state index in [1.807, 2.05) is 27.7 Å². The highest BCUT2D eigenvalue weighted by atomic mass is 16.6. The van der Waals surface area contributed by atoms with Gasteiger partial charge >= 0.3 is 12.1 Å². The molecule has 0 aliphatic rings. The summed E-state index contributed by atoms with van der Waals surface area (Å²) in [6.07, 6.45) is -0.643. The Morgan fingerprint density at radius 3 is 0.716 bits per heavy atom. The van der Waals surface area contributed by atoms with Gasteiger partial charge in [-0.3, -0.25) is 86.3 Å². The Morgan fingerprint density at radius 2 is 0.439 bits per heavy atom. The van der Waals surface area contributed by atoms with Gasteiger partial charge in [0.05, 0.1) is 7.11 Å². The van der Waals surface area contributed by atoms with E-state index in [0.29, 0.717) is 11.1 Å². The lowest BCUT2D eigenvalue weighted by molar-refractivity contribution is -0.147. The predicted octanol–water partition coefficient (Wildman–Crippen LogP) is 5.36. The third-order valence-electron chi connectivity index (χ3n) is 24.3. The van der Waals surface area contributed by atoms with E-state index in [1.165, 1.54) is 62.5 Å². The Hall–Kier alpha value is -12.4. The number of hydrogen-bond acceptors (Lipinski definition) is 22. The number of hydrogen-bond donors (Lipinski definition) is 19. The van der Waals surface area contributed by atoms with E-state index in [1.54, 1.807) is 220 Å². The van der Waals surface area contributed by atoms with Crippen LogP contribution in [0.25, 0.3) is 0 Å². The molecule has 0 radical (unpaired) electrons. The number of benzene rings is 2. The monoisotopic (exact) mass is 2080 g/mol. The number of rotatable bonds is 59. The molecule has 0 saturated carbocycles. The first-order valence-electron chi connectivity index (χ1n) is 51.9. The van der Waals surface area contributed by atoms with Crippen LogP contribution in [0, 0.1) is 71.0 Å². The molecule has 0 aromatic heterocycles. The van der Waals surface area contributed by atoms with E-state index in [0.717, 1.165) is 0 Å². The highest BCUT2D eigenvalue weighted by Gasteiger charge is 2.45. The number of amides is 19. The number of carbonyl (C=O) groups is 20. The van der Waals surface area contributed by atoms with Gasteiger partial charge in [0, 0.05) is 12.8 Å². The molecule has 2 aromatic carbocycles. The van der Waals surface area contributed by atoms with Gasteiger partial charge in [-0.05, 0) is 190 Å². The van der Waals surface area contributed by atoms with Gasteiger partial charge in [0.2, 0.25) is 106 Å². The molecule has 0 aliphatic carbocycles. The zero-order chi connectivity index (χ0) is 114. The van der Waals surface area contributed by atoms with E-state index in [-0.39, 0.29) is 80.5 Å². The molecule has 2 aromatic rings. The van der Waals surface area contributed by atoms with Gasteiger partial charge in [-0.25, -0.2) is 9.59 Å². The quantitative estimate of drug-likeness (QED) is 0.0371. The van der Waals surface area contributed by atoms with Gasteiger partial charge in [0.1, 0.15) is 119 Å². The van der Waals surface area contributed by atoms with Crippen molar-refractivity contribution in [1.29, 1.82) is 0 Å². The Morgan fingerprint density at radius 1 is 0.230 bits per heavy atom. The Balaban J connectivity index is 2.39. The van der Waals surface area contributed by atoms with Gasteiger partial charge in [-0.2, -0.15) is 0 Å². The maximum absolute atomic E-state index is 14.9. The molecular weight excluding hydrogens is 1900 g/mol. The number of methoxy groups -OCH3 is 1. The van der Waals surface area contributed by atoms with Crippen molar-refractivity contribution in [3.05, 3.63) is 71.8 Å². The van der Waals surface area contributed by atoms with Crippen molar-refractivity contribution < 1.29 is 105 Å². The molecule has 0 heterocycles. The summed E-state index contributed by atoms with van der Waals surface area (Å²) in [5.74, 6) is -19.9. The van der Waals surface area contributed by atoms with Crippen LogP contribution in [0.4, 0.5) is 4.79 Å². The van der Waals surface area contributed by atoms with E-state index >= 15 is 0 Å². The molecule has 148 heavy (non-hydrogen) atoms. The summed E-state index contributed by atoms with van der Waals surface area (Å²) in [7, 11) is 1.20. The van der Waals surface area contributed by atoms with Crippen LogP contribution >= 0.6 is 0 Å². The van der Waals surface area contributed by atoms with E-state index in [2.05, 4.69) is 101 Å². The Bertz CT molecular complexity index is 4800. The highest BCUT2D eigenvalue weighted by Crippen LogP contribution is 2.22. The first-order chi connectivity index (χ1) is 68.2. The zero-order valence-electron chi connectivity index (χ0n) is 94.4. The molecule has 0 bridgehead atoms. The number of carbonyl (C=O) groups excluding carboxylic acids is 20. The fourth-order valence-electron chi connectivity index (χ4n) is 15.6. The van der Waals surface area contributed by atoms with E-state index in [4.69, 9.17) is 9.47 Å². The summed E-state index contributed by atoms with van der Waals surface area (Å²) in [5.41, 5.74) is -4.85. The first kappa shape index (κ1) is 132. The van der Waals surface area contributed by atoms with Crippen LogP contribution < -0.4 is 101 Å². The molecule has 0 saturated heterocycles. The summed E-state index contributed by atoms with van der Waals surface area (Å²) in [6, 6.07) is -3.16. The molecule has 0 aliphatic heterocycles. The molecule has 0 spiro atoms. The molecule has 0 fully saturated rings. The SMILES string of the molecule is COC(=O)[C@@H](NC(=O)[C@@H](NC(=O)[C@H](Cc1ccccc1)NC(=O)[C@H](CC(C)C)NC(=O)[C@H](NC(=O)C(C)(C)NC(=O)[C@@H](NC(=O)[C@H](Cc1ccccc1)NC(=O)[C@@H](NC(=O)[C@H](CC(C)C)NC(=O)[C@@H](CC(C)C)NC(=O)[C@@H](C)NC(=O)[C@@H](NC(=O)C(C)(C)NC(=O)[C@H](CC(C)C)NC(=O)[C@H](C)NC(=O)[C@@H](NC(=O)C(C)(C)NC(=O)[C@H](CC(C)C)NC(=O)OC(C)(C)C)C(C)C)C(C)C)C(C)C)C(C)C)C(C)C)C(C)C)C(C)C. The molecule has 19 amide bonds. The minimum absolute atomic E-state index is 0.0198. The second-order valence-electron chi connectivity index (χ2n) is 45.9. The van der Waals surface area contributed by atoms with Gasteiger partial charge in [-0.15, -0.1) is 0 Å². The van der Waals surface area contributed by atoms with Crippen molar-refractivity contribution in [1.82, 2.24) is 101 Å². The van der Waals surface area contributed by atoms with Gasteiger partial charge in [0.15, 0.2) is 0 Å². The summed E-state index contributed by atoms with van der Waals surface area (Å²) in [6.45, 7) is 57.5. The molecule has 0 unspecified atom stereocenters. The fraction of sp³-hybridized carbons (Fsp3) is 0.701. The van der Waals surface area contributed by atoms with Crippen LogP contribution in [0.3, 0.4) is 0 Å². The first-order valence-corrected chi connectivity index (χ1v) is 51.9. The van der Waals surface area contributed by atoms with Crippen molar-refractivity contribution in [3.63, 3.8) is 0 Å². The summed E-state index contributed by atoms with van der Waals surface area (Å²) >= 11 is 0. The predicted molar refractivity (Wildman–Crippen MR) is 564 cm³/mol. The molecule has 41 heteroatoms. The lowest BCUT2D eigenvalue weighted by atomic mass is 9.96. The molecule has 2 rings (SSSR count). The average molecular weight is 2080 g/mol.